The molecule has 3 N–H and O–H groups in total. The number of hydrogen-bond acceptors (Lipinski definition) is 5. The second kappa shape index (κ2) is 4.29. The molecule has 1 aromatic rings. The van der Waals surface area contributed by atoms with E-state index in [1.807, 2.05) is 0 Å². The van der Waals surface area contributed by atoms with Crippen LogP contribution in [0.15, 0.2) is 17.0 Å². The van der Waals surface area contributed by atoms with Crippen molar-refractivity contribution in [2.75, 3.05) is 18.9 Å². The molecular formula is C11H14ClNO4S. The molecule has 2 rings (SSSR count). The lowest BCUT2D eigenvalue weighted by molar-refractivity contribution is 0.191. The van der Waals surface area contributed by atoms with Gasteiger partial charge in [0, 0.05) is 6.61 Å². The molecule has 1 saturated heterocycles. The molecule has 1 aliphatic rings. The number of rotatable bonds is 2. The maximum absolute atomic E-state index is 12.6. The lowest BCUT2D eigenvalue weighted by atomic mass is 10.1. The van der Waals surface area contributed by atoms with Crippen LogP contribution in [0.2, 0.25) is 5.02 Å². The fraction of sp³-hybridized carbons (Fsp3) is 0.455. The highest BCUT2D eigenvalue weighted by molar-refractivity contribution is 7.93. The number of halogens is 1. The van der Waals surface area contributed by atoms with Gasteiger partial charge in [0.15, 0.2) is 15.6 Å². The van der Waals surface area contributed by atoms with E-state index in [0.29, 0.717) is 13.0 Å². The molecule has 0 radical (unpaired) electrons. The van der Waals surface area contributed by atoms with E-state index in [4.69, 9.17) is 22.1 Å². The van der Waals surface area contributed by atoms with E-state index in [0.717, 1.165) is 0 Å². The average molecular weight is 292 g/mol. The first kappa shape index (κ1) is 13.5. The number of nitrogens with two attached hydrogens (primary N) is 1. The van der Waals surface area contributed by atoms with Crippen LogP contribution >= 0.6 is 11.6 Å². The zero-order chi connectivity index (χ0) is 13.6. The van der Waals surface area contributed by atoms with Gasteiger partial charge in [-0.25, -0.2) is 8.42 Å². The van der Waals surface area contributed by atoms with Gasteiger partial charge in [-0.2, -0.15) is 0 Å². The van der Waals surface area contributed by atoms with Gasteiger partial charge in [0.05, 0.1) is 22.1 Å². The Hall–Kier alpha value is -0.980. The van der Waals surface area contributed by atoms with Crippen LogP contribution in [-0.4, -0.2) is 31.5 Å². The van der Waals surface area contributed by atoms with Crippen molar-refractivity contribution in [3.63, 3.8) is 0 Å². The first-order valence-corrected chi connectivity index (χ1v) is 7.25. The Kier molecular flexibility index (Phi) is 3.21. The summed E-state index contributed by atoms with van der Waals surface area (Å²) in [7, 11) is -3.81. The van der Waals surface area contributed by atoms with E-state index in [9.17, 15) is 13.5 Å². The summed E-state index contributed by atoms with van der Waals surface area (Å²) in [6.07, 6.45) is 0.361. The quantitative estimate of drug-likeness (QED) is 0.638. The SMILES string of the molecule is C[C@]1(S(=O)(=O)c2c(Cl)ccc(N)c2O)CCOC1. The Labute approximate surface area is 110 Å². The Morgan fingerprint density at radius 3 is 2.72 bits per heavy atom. The molecular weight excluding hydrogens is 278 g/mol. The summed E-state index contributed by atoms with van der Waals surface area (Å²) in [5.74, 6) is -0.490. The Morgan fingerprint density at radius 1 is 1.50 bits per heavy atom. The zero-order valence-electron chi connectivity index (χ0n) is 9.81. The predicted octanol–water partition coefficient (Wildman–Crippen LogP) is 1.58. The summed E-state index contributed by atoms with van der Waals surface area (Å²) in [5.41, 5.74) is 5.51. The molecule has 1 fully saturated rings. The largest absolute Gasteiger partial charge is 0.504 e. The molecule has 7 heteroatoms. The van der Waals surface area contributed by atoms with Gasteiger partial charge in [0.1, 0.15) is 4.90 Å². The van der Waals surface area contributed by atoms with Crippen molar-refractivity contribution in [2.24, 2.45) is 0 Å². The molecule has 0 saturated carbocycles. The molecule has 1 heterocycles. The minimum absolute atomic E-state index is 0.0134. The Balaban J connectivity index is 2.65. The van der Waals surface area contributed by atoms with Crippen LogP contribution in [0.1, 0.15) is 13.3 Å². The molecule has 18 heavy (non-hydrogen) atoms. The van der Waals surface area contributed by atoms with Crippen molar-refractivity contribution in [1.82, 2.24) is 0 Å². The highest BCUT2D eigenvalue weighted by Crippen LogP contribution is 2.42. The standard InChI is InChI=1S/C11H14ClNO4S/c1-11(4-5-17-6-11)18(15,16)10-7(12)2-3-8(13)9(10)14/h2-3,14H,4-6,13H2,1H3/t11-/m0/s1. The van der Waals surface area contributed by atoms with Crippen molar-refractivity contribution in [3.05, 3.63) is 17.2 Å². The summed E-state index contributed by atoms with van der Waals surface area (Å²) in [4.78, 5) is -0.308. The predicted molar refractivity (Wildman–Crippen MR) is 68.6 cm³/mol. The van der Waals surface area contributed by atoms with Crippen molar-refractivity contribution in [1.29, 1.82) is 0 Å². The summed E-state index contributed by atoms with van der Waals surface area (Å²) < 4.78 is 29.2. The second-order valence-corrected chi connectivity index (χ2v) is 7.38. The Bertz CT molecular complexity index is 579. The lowest BCUT2D eigenvalue weighted by Crippen LogP contribution is -2.36. The van der Waals surface area contributed by atoms with E-state index in [-0.39, 0.29) is 22.2 Å². The third-order valence-corrected chi connectivity index (χ3v) is 6.21. The van der Waals surface area contributed by atoms with Gasteiger partial charge in [-0.05, 0) is 25.5 Å². The number of sulfone groups is 1. The smallest absolute Gasteiger partial charge is 0.191 e. The van der Waals surface area contributed by atoms with Gasteiger partial charge in [-0.15, -0.1) is 0 Å². The van der Waals surface area contributed by atoms with E-state index in [1.54, 1.807) is 6.92 Å². The molecule has 1 aliphatic heterocycles. The van der Waals surface area contributed by atoms with Gasteiger partial charge in [0.25, 0.3) is 0 Å². The highest BCUT2D eigenvalue weighted by Gasteiger charge is 2.46. The Morgan fingerprint density at radius 2 is 2.17 bits per heavy atom. The molecule has 0 unspecified atom stereocenters. The molecule has 0 spiro atoms. The number of hydrogen-bond donors (Lipinski definition) is 2. The number of aromatic hydroxyl groups is 1. The minimum Gasteiger partial charge on any atom is -0.504 e. The molecule has 1 atom stereocenters. The normalized spacial score (nSPS) is 24.3. The van der Waals surface area contributed by atoms with Crippen LogP contribution in [0.25, 0.3) is 0 Å². The van der Waals surface area contributed by atoms with Crippen LogP contribution in [0.5, 0.6) is 5.75 Å². The maximum Gasteiger partial charge on any atom is 0.191 e. The second-order valence-electron chi connectivity index (χ2n) is 4.57. The highest BCUT2D eigenvalue weighted by atomic mass is 35.5. The first-order chi connectivity index (χ1) is 8.29. The van der Waals surface area contributed by atoms with Crippen LogP contribution in [0, 0.1) is 0 Å². The van der Waals surface area contributed by atoms with Gasteiger partial charge < -0.3 is 15.6 Å². The van der Waals surface area contributed by atoms with E-state index in [2.05, 4.69) is 0 Å². The molecule has 1 aromatic carbocycles. The number of anilines is 1. The lowest BCUT2D eigenvalue weighted by Gasteiger charge is -2.23. The molecule has 0 aliphatic carbocycles. The topological polar surface area (TPSA) is 89.6 Å². The van der Waals surface area contributed by atoms with Crippen LogP contribution in [0.4, 0.5) is 5.69 Å². The van der Waals surface area contributed by atoms with Crippen LogP contribution < -0.4 is 5.73 Å². The van der Waals surface area contributed by atoms with Gasteiger partial charge in [-0.3, -0.25) is 0 Å². The van der Waals surface area contributed by atoms with E-state index < -0.39 is 20.3 Å². The number of phenols is 1. The van der Waals surface area contributed by atoms with Crippen molar-refractivity contribution in [2.45, 2.75) is 23.0 Å². The summed E-state index contributed by atoms with van der Waals surface area (Å²) in [5, 5.41) is 9.83. The number of nitrogen functional groups attached to an aromatic ring is 1. The summed E-state index contributed by atoms with van der Waals surface area (Å²) in [6.45, 7) is 2.03. The fourth-order valence-electron chi connectivity index (χ4n) is 1.92. The minimum atomic E-state index is -3.81. The van der Waals surface area contributed by atoms with E-state index in [1.165, 1.54) is 12.1 Å². The molecule has 0 aromatic heterocycles. The first-order valence-electron chi connectivity index (χ1n) is 5.39. The number of ether oxygens (including phenoxy) is 1. The molecule has 5 nitrogen and oxygen atoms in total. The molecule has 100 valence electrons. The van der Waals surface area contributed by atoms with Gasteiger partial charge in [-0.1, -0.05) is 11.6 Å². The average Bonchev–Trinajstić information content (AvgIpc) is 2.73. The van der Waals surface area contributed by atoms with E-state index >= 15 is 0 Å². The van der Waals surface area contributed by atoms with Gasteiger partial charge >= 0.3 is 0 Å². The molecule has 0 bridgehead atoms. The summed E-state index contributed by atoms with van der Waals surface area (Å²) >= 11 is 5.89. The van der Waals surface area contributed by atoms with Crippen LogP contribution in [0.3, 0.4) is 0 Å². The van der Waals surface area contributed by atoms with Crippen LogP contribution in [-0.2, 0) is 14.6 Å². The number of phenolic OH excluding ortho intramolecular Hbond substituents is 1. The van der Waals surface area contributed by atoms with Gasteiger partial charge in [0.2, 0.25) is 0 Å². The summed E-state index contributed by atoms with van der Waals surface area (Å²) in [6, 6.07) is 2.73. The number of benzene rings is 1. The monoisotopic (exact) mass is 291 g/mol. The fourth-order valence-corrected chi connectivity index (χ4v) is 4.16. The maximum atomic E-state index is 12.6. The zero-order valence-corrected chi connectivity index (χ0v) is 11.4. The van der Waals surface area contributed by atoms with Crippen molar-refractivity contribution < 1.29 is 18.3 Å². The van der Waals surface area contributed by atoms with Crippen molar-refractivity contribution in [3.8, 4) is 5.75 Å². The third kappa shape index (κ3) is 1.84. The molecule has 0 amide bonds. The third-order valence-electron chi connectivity index (χ3n) is 3.21. The van der Waals surface area contributed by atoms with Crippen molar-refractivity contribution >= 4 is 27.1 Å².